The van der Waals surface area contributed by atoms with Crippen LogP contribution in [0.25, 0.3) is 11.3 Å². The summed E-state index contributed by atoms with van der Waals surface area (Å²) >= 11 is 1.55. The largest absolute Gasteiger partial charge is 0.362 e. The molecule has 0 spiro atoms. The first-order chi connectivity index (χ1) is 11.7. The van der Waals surface area contributed by atoms with Crippen LogP contribution < -0.4 is 10.6 Å². The maximum atomic E-state index is 13.2. The third-order valence-corrected chi connectivity index (χ3v) is 4.16. The Labute approximate surface area is 143 Å². The SMILES string of the molecule is CCNc1nc(-c2ccc(NC(=O)c3cccc(F)c3)cc2)cs1. The molecule has 0 fully saturated rings. The van der Waals surface area contributed by atoms with Gasteiger partial charge in [0.15, 0.2) is 5.13 Å². The maximum Gasteiger partial charge on any atom is 0.255 e. The van der Waals surface area contributed by atoms with Crippen molar-refractivity contribution >= 4 is 28.1 Å². The topological polar surface area (TPSA) is 54.0 Å². The number of thiazole rings is 1. The number of benzene rings is 2. The molecule has 0 aliphatic rings. The summed E-state index contributed by atoms with van der Waals surface area (Å²) in [6.07, 6.45) is 0. The van der Waals surface area contributed by atoms with Gasteiger partial charge in [-0.1, -0.05) is 18.2 Å². The highest BCUT2D eigenvalue weighted by Crippen LogP contribution is 2.26. The molecule has 3 aromatic rings. The summed E-state index contributed by atoms with van der Waals surface area (Å²) in [5, 5.41) is 8.80. The predicted octanol–water partition coefficient (Wildman–Crippen LogP) is 4.63. The van der Waals surface area contributed by atoms with Crippen molar-refractivity contribution in [1.82, 2.24) is 4.98 Å². The first-order valence-corrected chi connectivity index (χ1v) is 8.40. The first kappa shape index (κ1) is 16.1. The molecule has 0 radical (unpaired) electrons. The van der Waals surface area contributed by atoms with E-state index in [9.17, 15) is 9.18 Å². The summed E-state index contributed by atoms with van der Waals surface area (Å²) in [5.41, 5.74) is 2.79. The van der Waals surface area contributed by atoms with Crippen LogP contribution in [0.5, 0.6) is 0 Å². The van der Waals surface area contributed by atoms with Crippen LogP contribution in [0.4, 0.5) is 15.2 Å². The number of amides is 1. The molecule has 0 atom stereocenters. The molecular weight excluding hydrogens is 325 g/mol. The van der Waals surface area contributed by atoms with Gasteiger partial charge in [-0.05, 0) is 37.3 Å². The summed E-state index contributed by atoms with van der Waals surface area (Å²) in [7, 11) is 0. The number of rotatable bonds is 5. The predicted molar refractivity (Wildman–Crippen MR) is 96.1 cm³/mol. The van der Waals surface area contributed by atoms with E-state index in [1.165, 1.54) is 18.2 Å². The summed E-state index contributed by atoms with van der Waals surface area (Å²) < 4.78 is 13.2. The normalized spacial score (nSPS) is 10.4. The average molecular weight is 341 g/mol. The van der Waals surface area contributed by atoms with Crippen LogP contribution in [0.1, 0.15) is 17.3 Å². The fourth-order valence-electron chi connectivity index (χ4n) is 2.20. The van der Waals surface area contributed by atoms with E-state index in [-0.39, 0.29) is 11.5 Å². The Morgan fingerprint density at radius 2 is 2.00 bits per heavy atom. The first-order valence-electron chi connectivity index (χ1n) is 7.52. The van der Waals surface area contributed by atoms with E-state index in [1.54, 1.807) is 29.5 Å². The van der Waals surface area contributed by atoms with Gasteiger partial charge in [-0.25, -0.2) is 9.37 Å². The molecule has 0 bridgehead atoms. The second-order valence-corrected chi connectivity index (χ2v) is 5.97. The zero-order chi connectivity index (χ0) is 16.9. The van der Waals surface area contributed by atoms with Gasteiger partial charge in [0.2, 0.25) is 0 Å². The molecule has 24 heavy (non-hydrogen) atoms. The van der Waals surface area contributed by atoms with Gasteiger partial charge in [0, 0.05) is 28.7 Å². The molecule has 0 aliphatic heterocycles. The Kier molecular flexibility index (Phi) is 4.86. The number of carbonyl (C=O) groups is 1. The lowest BCUT2D eigenvalue weighted by molar-refractivity contribution is 0.102. The molecule has 4 nitrogen and oxygen atoms in total. The van der Waals surface area contributed by atoms with Crippen molar-refractivity contribution in [2.24, 2.45) is 0 Å². The zero-order valence-electron chi connectivity index (χ0n) is 13.0. The van der Waals surface area contributed by atoms with Crippen LogP contribution in [-0.4, -0.2) is 17.4 Å². The number of carbonyl (C=O) groups excluding carboxylic acids is 1. The smallest absolute Gasteiger partial charge is 0.255 e. The fraction of sp³-hybridized carbons (Fsp3) is 0.111. The Balaban J connectivity index is 1.71. The average Bonchev–Trinajstić information content (AvgIpc) is 3.04. The second kappa shape index (κ2) is 7.23. The Hall–Kier alpha value is -2.73. The van der Waals surface area contributed by atoms with E-state index in [1.807, 2.05) is 24.4 Å². The van der Waals surface area contributed by atoms with Crippen molar-refractivity contribution in [1.29, 1.82) is 0 Å². The van der Waals surface area contributed by atoms with E-state index in [2.05, 4.69) is 15.6 Å². The highest BCUT2D eigenvalue weighted by molar-refractivity contribution is 7.14. The van der Waals surface area contributed by atoms with E-state index in [0.717, 1.165) is 22.9 Å². The second-order valence-electron chi connectivity index (χ2n) is 5.11. The minimum Gasteiger partial charge on any atom is -0.362 e. The minimum atomic E-state index is -0.432. The Morgan fingerprint density at radius 1 is 1.21 bits per heavy atom. The molecule has 1 aromatic heterocycles. The highest BCUT2D eigenvalue weighted by Gasteiger charge is 2.08. The quantitative estimate of drug-likeness (QED) is 0.711. The molecule has 1 amide bonds. The molecule has 0 saturated carbocycles. The van der Waals surface area contributed by atoms with Crippen LogP contribution in [0.2, 0.25) is 0 Å². The van der Waals surface area contributed by atoms with E-state index < -0.39 is 5.82 Å². The van der Waals surface area contributed by atoms with Gasteiger partial charge in [0.1, 0.15) is 5.82 Å². The van der Waals surface area contributed by atoms with Gasteiger partial charge in [0.25, 0.3) is 5.91 Å². The molecular formula is C18H16FN3OS. The van der Waals surface area contributed by atoms with Crippen LogP contribution in [-0.2, 0) is 0 Å². The van der Waals surface area contributed by atoms with Gasteiger partial charge in [-0.2, -0.15) is 0 Å². The summed E-state index contributed by atoms with van der Waals surface area (Å²) in [4.78, 5) is 16.6. The maximum absolute atomic E-state index is 13.2. The molecule has 2 aromatic carbocycles. The molecule has 1 heterocycles. The summed E-state index contributed by atoms with van der Waals surface area (Å²) in [5.74, 6) is -0.775. The lowest BCUT2D eigenvalue weighted by Crippen LogP contribution is -2.11. The van der Waals surface area contributed by atoms with Crippen molar-refractivity contribution in [2.45, 2.75) is 6.92 Å². The number of anilines is 2. The fourth-order valence-corrected chi connectivity index (χ4v) is 2.99. The molecule has 122 valence electrons. The highest BCUT2D eigenvalue weighted by atomic mass is 32.1. The van der Waals surface area contributed by atoms with Crippen LogP contribution >= 0.6 is 11.3 Å². The van der Waals surface area contributed by atoms with Crippen LogP contribution in [0, 0.1) is 5.82 Å². The number of aromatic nitrogens is 1. The monoisotopic (exact) mass is 341 g/mol. The lowest BCUT2D eigenvalue weighted by Gasteiger charge is -2.06. The van der Waals surface area contributed by atoms with Crippen LogP contribution in [0.15, 0.2) is 53.9 Å². The number of hydrogen-bond donors (Lipinski definition) is 2. The van der Waals surface area contributed by atoms with Gasteiger partial charge >= 0.3 is 0 Å². The van der Waals surface area contributed by atoms with Gasteiger partial charge in [-0.15, -0.1) is 11.3 Å². The van der Waals surface area contributed by atoms with Gasteiger partial charge < -0.3 is 10.6 Å². The van der Waals surface area contributed by atoms with Crippen molar-refractivity contribution in [3.05, 3.63) is 65.3 Å². The minimum absolute atomic E-state index is 0.286. The van der Waals surface area contributed by atoms with E-state index in [0.29, 0.717) is 5.69 Å². The summed E-state index contributed by atoms with van der Waals surface area (Å²) in [6.45, 7) is 2.86. The third kappa shape index (κ3) is 3.78. The van der Waals surface area contributed by atoms with Gasteiger partial charge in [0.05, 0.1) is 5.69 Å². The Bertz CT molecular complexity index is 845. The molecule has 2 N–H and O–H groups in total. The number of nitrogens with zero attached hydrogens (tertiary/aromatic N) is 1. The number of halogens is 1. The molecule has 3 rings (SSSR count). The van der Waals surface area contributed by atoms with Crippen molar-refractivity contribution in [3.63, 3.8) is 0 Å². The van der Waals surface area contributed by atoms with Crippen LogP contribution in [0.3, 0.4) is 0 Å². The molecule has 0 aliphatic carbocycles. The van der Waals surface area contributed by atoms with Crippen molar-refractivity contribution in [3.8, 4) is 11.3 Å². The summed E-state index contributed by atoms with van der Waals surface area (Å²) in [6, 6.07) is 13.0. The van der Waals surface area contributed by atoms with Gasteiger partial charge in [-0.3, -0.25) is 4.79 Å². The zero-order valence-corrected chi connectivity index (χ0v) is 13.9. The van der Waals surface area contributed by atoms with Crippen molar-refractivity contribution < 1.29 is 9.18 Å². The molecule has 6 heteroatoms. The van der Waals surface area contributed by atoms with Crippen molar-refractivity contribution in [2.75, 3.05) is 17.2 Å². The Morgan fingerprint density at radius 3 is 2.71 bits per heavy atom. The van der Waals surface area contributed by atoms with E-state index in [4.69, 9.17) is 0 Å². The number of nitrogens with one attached hydrogen (secondary N) is 2. The van der Waals surface area contributed by atoms with E-state index >= 15 is 0 Å². The molecule has 0 saturated heterocycles. The third-order valence-electron chi connectivity index (χ3n) is 3.36. The standard InChI is InChI=1S/C18H16FN3OS/c1-2-20-18-22-16(11-24-18)12-6-8-15(9-7-12)21-17(23)13-4-3-5-14(19)10-13/h3-11H,2H2,1H3,(H,20,22)(H,21,23). The number of hydrogen-bond acceptors (Lipinski definition) is 4. The lowest BCUT2D eigenvalue weighted by atomic mass is 10.1. The molecule has 0 unspecified atom stereocenters.